The lowest BCUT2D eigenvalue weighted by Crippen LogP contribution is -2.54. The summed E-state index contributed by atoms with van der Waals surface area (Å²) < 4.78 is 2.30. The van der Waals surface area contributed by atoms with E-state index in [4.69, 9.17) is 0 Å². The number of para-hydroxylation sites is 1. The molecule has 1 saturated heterocycles. The van der Waals surface area contributed by atoms with Gasteiger partial charge in [-0.1, -0.05) is 43.5 Å². The second-order valence-corrected chi connectivity index (χ2v) is 7.91. The highest BCUT2D eigenvalue weighted by Crippen LogP contribution is 2.39. The van der Waals surface area contributed by atoms with Crippen molar-refractivity contribution in [2.45, 2.75) is 70.4 Å². The Morgan fingerprint density at radius 2 is 1.62 bits per heavy atom. The zero-order chi connectivity index (χ0) is 16.4. The zero-order valence-electron chi connectivity index (χ0n) is 15.0. The number of benzene rings is 1. The van der Waals surface area contributed by atoms with Gasteiger partial charge in [0.2, 0.25) is 0 Å². The number of fused-ring (bicyclic) bond motifs is 1. The number of hydrogen-bond acceptors (Lipinski definition) is 3. The van der Waals surface area contributed by atoms with E-state index in [1.54, 1.807) is 0 Å². The summed E-state index contributed by atoms with van der Waals surface area (Å²) in [4.78, 5) is 2.75. The van der Waals surface area contributed by atoms with E-state index in [0.29, 0.717) is 0 Å². The van der Waals surface area contributed by atoms with E-state index in [-0.39, 0.29) is 5.66 Å². The lowest BCUT2D eigenvalue weighted by molar-refractivity contribution is -0.0360. The SMILES string of the molecule is CC1CCN(C2(n3nnc4ccccc43)CCCCCCC2)CC1. The number of piperidine rings is 1. The maximum Gasteiger partial charge on any atom is 0.117 e. The van der Waals surface area contributed by atoms with Gasteiger partial charge >= 0.3 is 0 Å². The van der Waals surface area contributed by atoms with Gasteiger partial charge in [-0.05, 0) is 56.6 Å². The number of aromatic nitrogens is 3. The van der Waals surface area contributed by atoms with E-state index in [1.165, 1.54) is 76.4 Å². The van der Waals surface area contributed by atoms with Gasteiger partial charge in [0.1, 0.15) is 11.2 Å². The molecule has 2 aliphatic rings. The summed E-state index contributed by atoms with van der Waals surface area (Å²) in [5.74, 6) is 0.861. The first-order valence-electron chi connectivity index (χ1n) is 9.86. The molecular formula is C20H30N4. The van der Waals surface area contributed by atoms with E-state index >= 15 is 0 Å². The number of nitrogens with zero attached hydrogens (tertiary/aromatic N) is 4. The van der Waals surface area contributed by atoms with Crippen LogP contribution in [0.25, 0.3) is 11.0 Å². The number of hydrogen-bond donors (Lipinski definition) is 0. The molecule has 1 aromatic carbocycles. The minimum Gasteiger partial charge on any atom is -0.279 e. The largest absolute Gasteiger partial charge is 0.279 e. The Kier molecular flexibility index (Phi) is 4.57. The van der Waals surface area contributed by atoms with Crippen molar-refractivity contribution in [3.63, 3.8) is 0 Å². The van der Waals surface area contributed by atoms with Crippen LogP contribution in [0.4, 0.5) is 0 Å². The second kappa shape index (κ2) is 6.83. The van der Waals surface area contributed by atoms with E-state index in [0.717, 1.165) is 11.4 Å². The van der Waals surface area contributed by atoms with Gasteiger partial charge in [0.25, 0.3) is 0 Å². The molecule has 4 heteroatoms. The molecule has 130 valence electrons. The van der Waals surface area contributed by atoms with Crippen molar-refractivity contribution >= 4 is 11.0 Å². The molecule has 0 N–H and O–H groups in total. The van der Waals surface area contributed by atoms with Crippen LogP contribution in [0.2, 0.25) is 0 Å². The molecule has 2 fully saturated rings. The fourth-order valence-electron chi connectivity index (χ4n) is 4.73. The first-order chi connectivity index (χ1) is 11.8. The highest BCUT2D eigenvalue weighted by molar-refractivity contribution is 5.74. The van der Waals surface area contributed by atoms with Crippen molar-refractivity contribution in [3.05, 3.63) is 24.3 Å². The molecule has 0 atom stereocenters. The summed E-state index contributed by atoms with van der Waals surface area (Å²) in [6.07, 6.45) is 11.8. The standard InChI is InChI=1S/C20H30N4/c1-17-11-15-23(16-12-17)20(13-7-3-2-4-8-14-20)24-19-10-6-5-9-18(19)21-22-24/h5-6,9-10,17H,2-4,7-8,11-16H2,1H3. The fourth-order valence-corrected chi connectivity index (χ4v) is 4.73. The first-order valence-corrected chi connectivity index (χ1v) is 9.86. The summed E-state index contributed by atoms with van der Waals surface area (Å²) in [5.41, 5.74) is 2.28. The Morgan fingerprint density at radius 3 is 2.38 bits per heavy atom. The Morgan fingerprint density at radius 1 is 0.958 bits per heavy atom. The van der Waals surface area contributed by atoms with E-state index < -0.39 is 0 Å². The molecule has 0 unspecified atom stereocenters. The lowest BCUT2D eigenvalue weighted by atomic mass is 9.86. The van der Waals surface area contributed by atoms with Crippen LogP contribution in [0.1, 0.15) is 64.7 Å². The van der Waals surface area contributed by atoms with Crippen LogP contribution in [0.5, 0.6) is 0 Å². The van der Waals surface area contributed by atoms with Crippen molar-refractivity contribution in [3.8, 4) is 0 Å². The van der Waals surface area contributed by atoms with Crippen molar-refractivity contribution in [1.82, 2.24) is 19.9 Å². The summed E-state index contributed by atoms with van der Waals surface area (Å²) in [6.45, 7) is 4.80. The average molecular weight is 326 g/mol. The third-order valence-electron chi connectivity index (χ3n) is 6.27. The van der Waals surface area contributed by atoms with Crippen molar-refractivity contribution in [1.29, 1.82) is 0 Å². The normalized spacial score (nSPS) is 23.9. The fraction of sp³-hybridized carbons (Fsp3) is 0.700. The molecule has 0 radical (unpaired) electrons. The topological polar surface area (TPSA) is 34.0 Å². The highest BCUT2D eigenvalue weighted by Gasteiger charge is 2.41. The molecule has 2 aromatic rings. The van der Waals surface area contributed by atoms with Gasteiger partial charge in [-0.3, -0.25) is 4.90 Å². The van der Waals surface area contributed by atoms with Gasteiger partial charge in [0, 0.05) is 13.1 Å². The molecular weight excluding hydrogens is 296 g/mol. The monoisotopic (exact) mass is 326 g/mol. The molecule has 0 spiro atoms. The molecule has 0 amide bonds. The smallest absolute Gasteiger partial charge is 0.117 e. The van der Waals surface area contributed by atoms with Crippen molar-refractivity contribution in [2.24, 2.45) is 5.92 Å². The van der Waals surface area contributed by atoms with Gasteiger partial charge in [-0.25, -0.2) is 4.68 Å². The quantitative estimate of drug-likeness (QED) is 0.811. The molecule has 24 heavy (non-hydrogen) atoms. The molecule has 1 aromatic heterocycles. The summed E-state index contributed by atoms with van der Waals surface area (Å²) in [6, 6.07) is 8.47. The van der Waals surface area contributed by atoms with E-state index in [9.17, 15) is 0 Å². The van der Waals surface area contributed by atoms with Crippen LogP contribution in [0.15, 0.2) is 24.3 Å². The lowest BCUT2D eigenvalue weighted by Gasteiger charge is -2.47. The first kappa shape index (κ1) is 16.1. The van der Waals surface area contributed by atoms with Crippen LogP contribution in [-0.2, 0) is 5.66 Å². The molecule has 4 nitrogen and oxygen atoms in total. The minimum atomic E-state index is 0.0384. The molecule has 1 aliphatic heterocycles. The maximum absolute atomic E-state index is 4.68. The summed E-state index contributed by atoms with van der Waals surface area (Å²) in [5, 5.41) is 9.17. The number of likely N-dealkylation sites (tertiary alicyclic amines) is 1. The Hall–Kier alpha value is -1.42. The van der Waals surface area contributed by atoms with E-state index in [1.807, 2.05) is 0 Å². The van der Waals surface area contributed by atoms with Crippen LogP contribution in [0.3, 0.4) is 0 Å². The summed E-state index contributed by atoms with van der Waals surface area (Å²) in [7, 11) is 0. The van der Waals surface area contributed by atoms with Crippen molar-refractivity contribution in [2.75, 3.05) is 13.1 Å². The molecule has 2 heterocycles. The molecule has 1 aliphatic carbocycles. The van der Waals surface area contributed by atoms with Gasteiger partial charge in [0.15, 0.2) is 0 Å². The van der Waals surface area contributed by atoms with Crippen molar-refractivity contribution < 1.29 is 0 Å². The third kappa shape index (κ3) is 2.85. The molecule has 1 saturated carbocycles. The van der Waals surface area contributed by atoms with Gasteiger partial charge in [-0.2, -0.15) is 0 Å². The second-order valence-electron chi connectivity index (χ2n) is 7.91. The minimum absolute atomic E-state index is 0.0384. The summed E-state index contributed by atoms with van der Waals surface area (Å²) >= 11 is 0. The van der Waals surface area contributed by atoms with Gasteiger partial charge in [0.05, 0.1) is 5.52 Å². The molecule has 0 bridgehead atoms. The predicted octanol–water partition coefficient (Wildman–Crippen LogP) is 4.56. The maximum atomic E-state index is 4.68. The highest BCUT2D eigenvalue weighted by atomic mass is 15.5. The Balaban J connectivity index is 1.77. The number of rotatable bonds is 2. The van der Waals surface area contributed by atoms with Gasteiger partial charge < -0.3 is 0 Å². The van der Waals surface area contributed by atoms with Gasteiger partial charge in [-0.15, -0.1) is 5.10 Å². The Bertz CT molecular complexity index is 661. The third-order valence-corrected chi connectivity index (χ3v) is 6.27. The van der Waals surface area contributed by atoms with Crippen LogP contribution >= 0.6 is 0 Å². The predicted molar refractivity (Wildman–Crippen MR) is 97.8 cm³/mol. The zero-order valence-corrected chi connectivity index (χ0v) is 15.0. The van der Waals surface area contributed by atoms with Crippen LogP contribution in [0, 0.1) is 5.92 Å². The average Bonchev–Trinajstić information content (AvgIpc) is 3.01. The Labute approximate surface area is 145 Å². The van der Waals surface area contributed by atoms with Crippen LogP contribution < -0.4 is 0 Å². The van der Waals surface area contributed by atoms with Crippen LogP contribution in [-0.4, -0.2) is 33.0 Å². The van der Waals surface area contributed by atoms with E-state index in [2.05, 4.69) is 51.1 Å². The molecule has 4 rings (SSSR count).